The Balaban J connectivity index is 0.00000245. The Morgan fingerprint density at radius 3 is 2.19 bits per heavy atom. The maximum absolute atomic E-state index is 13.1. The van der Waals surface area contributed by atoms with Gasteiger partial charge in [-0.15, -0.1) is 12.4 Å². The van der Waals surface area contributed by atoms with Crippen molar-refractivity contribution >= 4 is 24.3 Å². The SMILES string of the molecule is Cl.NCC(=O)NCc1cccc2c1C(=O)OC21c2ccc(O)cc2Oc2cc(O)ccc21. The van der Waals surface area contributed by atoms with Gasteiger partial charge in [0.15, 0.2) is 5.60 Å². The number of carbonyl (C=O) groups excluding carboxylic acids is 2. The van der Waals surface area contributed by atoms with Gasteiger partial charge in [-0.3, -0.25) is 4.79 Å². The fraction of sp³-hybridized carbons (Fsp3) is 0.130. The number of esters is 1. The average Bonchev–Trinajstić information content (AvgIpc) is 3.05. The first-order valence-corrected chi connectivity index (χ1v) is 9.61. The van der Waals surface area contributed by atoms with E-state index in [-0.39, 0.29) is 42.9 Å². The van der Waals surface area contributed by atoms with Crippen LogP contribution in [0, 0.1) is 0 Å². The lowest BCUT2D eigenvalue weighted by atomic mass is 9.77. The Hall–Kier alpha value is -3.75. The number of phenolic OH excluding ortho intramolecular Hbond substituents is 2. The molecule has 32 heavy (non-hydrogen) atoms. The van der Waals surface area contributed by atoms with Crippen molar-refractivity contribution < 1.29 is 29.3 Å². The molecule has 8 nitrogen and oxygen atoms in total. The second-order valence-corrected chi connectivity index (χ2v) is 7.35. The summed E-state index contributed by atoms with van der Waals surface area (Å²) >= 11 is 0. The largest absolute Gasteiger partial charge is 0.508 e. The summed E-state index contributed by atoms with van der Waals surface area (Å²) in [4.78, 5) is 24.8. The summed E-state index contributed by atoms with van der Waals surface area (Å²) in [5.41, 5.74) is 6.63. The number of carbonyl (C=O) groups is 2. The highest BCUT2D eigenvalue weighted by Crippen LogP contribution is 2.57. The van der Waals surface area contributed by atoms with E-state index in [2.05, 4.69) is 5.32 Å². The van der Waals surface area contributed by atoms with Crippen LogP contribution in [0.3, 0.4) is 0 Å². The van der Waals surface area contributed by atoms with E-state index in [1.807, 2.05) is 0 Å². The van der Waals surface area contributed by atoms with Crippen LogP contribution < -0.4 is 15.8 Å². The van der Waals surface area contributed by atoms with Crippen LogP contribution in [0.5, 0.6) is 23.0 Å². The third-order valence-electron chi connectivity index (χ3n) is 5.55. The van der Waals surface area contributed by atoms with Gasteiger partial charge in [-0.1, -0.05) is 18.2 Å². The number of hydrogen-bond acceptors (Lipinski definition) is 7. The number of halogens is 1. The molecule has 0 radical (unpaired) electrons. The van der Waals surface area contributed by atoms with E-state index in [1.54, 1.807) is 30.3 Å². The number of aromatic hydroxyl groups is 2. The zero-order valence-corrected chi connectivity index (χ0v) is 17.4. The molecule has 0 saturated carbocycles. The molecule has 9 heteroatoms. The summed E-state index contributed by atoms with van der Waals surface area (Å²) < 4.78 is 12.0. The second-order valence-electron chi connectivity index (χ2n) is 7.35. The van der Waals surface area contributed by atoms with E-state index in [4.69, 9.17) is 15.2 Å². The summed E-state index contributed by atoms with van der Waals surface area (Å²) in [6, 6.07) is 14.4. The molecule has 3 aromatic carbocycles. The number of nitrogens with two attached hydrogens (primary N) is 1. The highest BCUT2D eigenvalue weighted by molar-refractivity contribution is 5.98. The number of phenols is 2. The smallest absolute Gasteiger partial charge is 0.340 e. The molecule has 0 fully saturated rings. The van der Waals surface area contributed by atoms with E-state index in [9.17, 15) is 19.8 Å². The topological polar surface area (TPSA) is 131 Å². The second kappa shape index (κ2) is 7.74. The van der Waals surface area contributed by atoms with Crippen LogP contribution in [0.4, 0.5) is 0 Å². The van der Waals surface area contributed by atoms with E-state index in [0.29, 0.717) is 39.3 Å². The molecule has 3 aromatic rings. The van der Waals surface area contributed by atoms with Crippen molar-refractivity contribution in [2.75, 3.05) is 6.54 Å². The zero-order chi connectivity index (χ0) is 21.8. The molecule has 0 unspecified atom stereocenters. The maximum Gasteiger partial charge on any atom is 0.340 e. The summed E-state index contributed by atoms with van der Waals surface area (Å²) in [6.45, 7) is -0.0414. The highest BCUT2D eigenvalue weighted by Gasteiger charge is 2.54. The van der Waals surface area contributed by atoms with Crippen LogP contribution in [-0.4, -0.2) is 28.6 Å². The van der Waals surface area contributed by atoms with Gasteiger partial charge in [0.05, 0.1) is 12.1 Å². The lowest BCUT2D eigenvalue weighted by Crippen LogP contribution is -2.33. The van der Waals surface area contributed by atoms with Gasteiger partial charge in [0.25, 0.3) is 0 Å². The average molecular weight is 455 g/mol. The van der Waals surface area contributed by atoms with Crippen molar-refractivity contribution in [3.05, 3.63) is 82.4 Å². The van der Waals surface area contributed by atoms with E-state index < -0.39 is 11.6 Å². The summed E-state index contributed by atoms with van der Waals surface area (Å²) in [6.07, 6.45) is 0. The number of amides is 1. The Kier molecular flexibility index (Phi) is 5.20. The monoisotopic (exact) mass is 454 g/mol. The summed E-state index contributed by atoms with van der Waals surface area (Å²) in [5, 5.41) is 22.6. The normalized spacial score (nSPS) is 14.3. The summed E-state index contributed by atoms with van der Waals surface area (Å²) in [7, 11) is 0. The molecule has 2 heterocycles. The number of ether oxygens (including phenoxy) is 2. The number of benzene rings is 3. The molecule has 5 N–H and O–H groups in total. The van der Waals surface area contributed by atoms with Gasteiger partial charge in [-0.05, 0) is 29.8 Å². The molecule has 0 bridgehead atoms. The number of nitrogens with one attached hydrogen (secondary N) is 1. The van der Waals surface area contributed by atoms with Crippen LogP contribution in [0.2, 0.25) is 0 Å². The molecule has 164 valence electrons. The van der Waals surface area contributed by atoms with Gasteiger partial charge in [0.1, 0.15) is 23.0 Å². The first-order valence-electron chi connectivity index (χ1n) is 9.61. The van der Waals surface area contributed by atoms with Gasteiger partial charge < -0.3 is 30.7 Å². The summed E-state index contributed by atoms with van der Waals surface area (Å²) in [5.74, 6) is -0.305. The fourth-order valence-corrected chi connectivity index (χ4v) is 4.23. The van der Waals surface area contributed by atoms with E-state index in [0.717, 1.165) is 0 Å². The first kappa shape index (κ1) is 21.5. The van der Waals surface area contributed by atoms with Crippen LogP contribution >= 0.6 is 12.4 Å². The molecule has 0 aliphatic carbocycles. The molecule has 2 aliphatic heterocycles. The molecular weight excluding hydrogens is 436 g/mol. The molecule has 2 aliphatic rings. The quantitative estimate of drug-likeness (QED) is 0.447. The van der Waals surface area contributed by atoms with Gasteiger partial charge in [0, 0.05) is 35.4 Å². The van der Waals surface area contributed by atoms with Crippen molar-refractivity contribution in [3.8, 4) is 23.0 Å². The van der Waals surface area contributed by atoms with Crippen LogP contribution in [-0.2, 0) is 21.7 Å². The van der Waals surface area contributed by atoms with Crippen molar-refractivity contribution in [1.82, 2.24) is 5.32 Å². The third kappa shape index (κ3) is 3.04. The molecular formula is C23H19ClN2O6. The fourth-order valence-electron chi connectivity index (χ4n) is 4.23. The van der Waals surface area contributed by atoms with Gasteiger partial charge in [-0.2, -0.15) is 0 Å². The number of fused-ring (bicyclic) bond motifs is 6. The number of hydrogen-bond donors (Lipinski definition) is 4. The minimum absolute atomic E-state index is 0. The maximum atomic E-state index is 13.1. The van der Waals surface area contributed by atoms with Crippen LogP contribution in [0.15, 0.2) is 54.6 Å². The lowest BCUT2D eigenvalue weighted by molar-refractivity contribution is -0.119. The van der Waals surface area contributed by atoms with E-state index in [1.165, 1.54) is 24.3 Å². The first-order chi connectivity index (χ1) is 14.9. The van der Waals surface area contributed by atoms with Gasteiger partial charge in [-0.25, -0.2) is 4.79 Å². The zero-order valence-electron chi connectivity index (χ0n) is 16.6. The minimum atomic E-state index is -1.33. The molecule has 0 saturated heterocycles. The van der Waals surface area contributed by atoms with E-state index >= 15 is 0 Å². The van der Waals surface area contributed by atoms with Crippen molar-refractivity contribution in [2.45, 2.75) is 12.1 Å². The standard InChI is InChI=1S/C23H18N2O6.ClH/c24-10-20(28)25-11-12-2-1-3-17-21(12)22(29)31-23(17)15-6-4-13(26)8-18(15)30-19-9-14(27)5-7-16(19)23;/h1-9,26-27H,10-11,24H2,(H,25,28);1H. The van der Waals surface area contributed by atoms with Crippen LogP contribution in [0.25, 0.3) is 0 Å². The Labute approximate surface area is 189 Å². The third-order valence-corrected chi connectivity index (χ3v) is 5.55. The number of rotatable bonds is 3. The predicted molar refractivity (Wildman–Crippen MR) is 116 cm³/mol. The van der Waals surface area contributed by atoms with Gasteiger partial charge in [0.2, 0.25) is 5.91 Å². The van der Waals surface area contributed by atoms with Gasteiger partial charge >= 0.3 is 5.97 Å². The molecule has 1 amide bonds. The Bertz CT molecular complexity index is 1210. The lowest BCUT2D eigenvalue weighted by Gasteiger charge is -2.36. The Morgan fingerprint density at radius 2 is 1.59 bits per heavy atom. The minimum Gasteiger partial charge on any atom is -0.508 e. The van der Waals surface area contributed by atoms with Crippen molar-refractivity contribution in [3.63, 3.8) is 0 Å². The predicted octanol–water partition coefficient (Wildman–Crippen LogP) is 2.66. The molecule has 0 atom stereocenters. The Morgan fingerprint density at radius 1 is 0.969 bits per heavy atom. The van der Waals surface area contributed by atoms with Crippen LogP contribution in [0.1, 0.15) is 32.6 Å². The van der Waals surface area contributed by atoms with Crippen molar-refractivity contribution in [1.29, 1.82) is 0 Å². The molecule has 5 rings (SSSR count). The van der Waals surface area contributed by atoms with Crippen molar-refractivity contribution in [2.24, 2.45) is 5.73 Å². The molecule has 1 spiro atoms. The highest BCUT2D eigenvalue weighted by atomic mass is 35.5. The molecule has 0 aromatic heterocycles.